The van der Waals surface area contributed by atoms with Crippen molar-refractivity contribution in [2.45, 2.75) is 33.8 Å². The van der Waals surface area contributed by atoms with Crippen LogP contribution in [0.3, 0.4) is 0 Å². The summed E-state index contributed by atoms with van der Waals surface area (Å²) >= 11 is 3.41. The smallest absolute Gasteiger partial charge is 0.125 e. The van der Waals surface area contributed by atoms with Gasteiger partial charge in [0.2, 0.25) is 0 Å². The van der Waals surface area contributed by atoms with Gasteiger partial charge in [-0.1, -0.05) is 28.1 Å². The van der Waals surface area contributed by atoms with E-state index in [-0.39, 0.29) is 6.10 Å². The Bertz CT molecular complexity index is 320. The normalized spacial score (nSPS) is 12.6. The van der Waals surface area contributed by atoms with Crippen molar-refractivity contribution in [3.05, 3.63) is 28.8 Å². The Morgan fingerprint density at radius 3 is 2.36 bits per heavy atom. The molecule has 1 atom stereocenters. The SMILES string of the molecule is Cc1ccc(C)c(OC(C)CBr)c1C. The third-order valence-electron chi connectivity index (χ3n) is 2.41. The van der Waals surface area contributed by atoms with Crippen molar-refractivity contribution >= 4 is 15.9 Å². The molecule has 1 rings (SSSR count). The molecule has 0 amide bonds. The molecule has 0 aliphatic rings. The standard InChI is InChI=1S/C12H17BrO/c1-8-5-6-9(2)12(11(8)4)14-10(3)7-13/h5-6,10H,7H2,1-4H3. The van der Waals surface area contributed by atoms with Gasteiger partial charge < -0.3 is 4.74 Å². The van der Waals surface area contributed by atoms with Gasteiger partial charge in [-0.2, -0.15) is 0 Å². The lowest BCUT2D eigenvalue weighted by Gasteiger charge is -2.17. The van der Waals surface area contributed by atoms with Crippen LogP contribution in [0.5, 0.6) is 5.75 Å². The van der Waals surface area contributed by atoms with Crippen LogP contribution in [0.25, 0.3) is 0 Å². The fraction of sp³-hybridized carbons (Fsp3) is 0.500. The maximum Gasteiger partial charge on any atom is 0.125 e. The van der Waals surface area contributed by atoms with Crippen LogP contribution in [-0.2, 0) is 0 Å². The molecule has 0 bridgehead atoms. The number of hydrogen-bond donors (Lipinski definition) is 0. The van der Waals surface area contributed by atoms with Gasteiger partial charge in [0.15, 0.2) is 0 Å². The molecule has 0 saturated carbocycles. The van der Waals surface area contributed by atoms with Gasteiger partial charge in [0, 0.05) is 5.33 Å². The molecule has 0 radical (unpaired) electrons. The summed E-state index contributed by atoms with van der Waals surface area (Å²) in [5, 5.41) is 0.861. The van der Waals surface area contributed by atoms with Crippen LogP contribution in [0.2, 0.25) is 0 Å². The monoisotopic (exact) mass is 256 g/mol. The van der Waals surface area contributed by atoms with E-state index in [9.17, 15) is 0 Å². The lowest BCUT2D eigenvalue weighted by molar-refractivity contribution is 0.244. The summed E-state index contributed by atoms with van der Waals surface area (Å²) in [6.07, 6.45) is 0.217. The molecule has 0 aliphatic carbocycles. The first-order chi connectivity index (χ1) is 6.56. The van der Waals surface area contributed by atoms with Crippen molar-refractivity contribution in [1.29, 1.82) is 0 Å². The minimum Gasteiger partial charge on any atom is -0.489 e. The Morgan fingerprint density at radius 2 is 1.79 bits per heavy atom. The molecular formula is C12H17BrO. The number of halogens is 1. The number of rotatable bonds is 3. The van der Waals surface area contributed by atoms with Crippen LogP contribution in [-0.4, -0.2) is 11.4 Å². The number of aryl methyl sites for hydroxylation is 2. The summed E-state index contributed by atoms with van der Waals surface area (Å²) in [6, 6.07) is 4.24. The summed E-state index contributed by atoms with van der Waals surface area (Å²) in [7, 11) is 0. The van der Waals surface area contributed by atoms with Gasteiger partial charge in [-0.25, -0.2) is 0 Å². The fourth-order valence-corrected chi connectivity index (χ4v) is 1.47. The van der Waals surface area contributed by atoms with Crippen molar-refractivity contribution in [2.75, 3.05) is 5.33 Å². The lowest BCUT2D eigenvalue weighted by atomic mass is 10.1. The van der Waals surface area contributed by atoms with Gasteiger partial charge in [-0.3, -0.25) is 0 Å². The van der Waals surface area contributed by atoms with Gasteiger partial charge in [0.05, 0.1) is 0 Å². The van der Waals surface area contributed by atoms with Crippen molar-refractivity contribution in [3.63, 3.8) is 0 Å². The molecular weight excluding hydrogens is 240 g/mol. The molecule has 0 aliphatic heterocycles. The van der Waals surface area contributed by atoms with Crippen LogP contribution >= 0.6 is 15.9 Å². The second kappa shape index (κ2) is 4.83. The number of hydrogen-bond acceptors (Lipinski definition) is 1. The van der Waals surface area contributed by atoms with Crippen LogP contribution in [0.15, 0.2) is 12.1 Å². The highest BCUT2D eigenvalue weighted by Crippen LogP contribution is 2.26. The highest BCUT2D eigenvalue weighted by Gasteiger charge is 2.09. The Hall–Kier alpha value is -0.500. The zero-order valence-electron chi connectivity index (χ0n) is 9.23. The van der Waals surface area contributed by atoms with Crippen molar-refractivity contribution in [3.8, 4) is 5.75 Å². The highest BCUT2D eigenvalue weighted by molar-refractivity contribution is 9.09. The molecule has 2 heteroatoms. The largest absolute Gasteiger partial charge is 0.489 e. The quantitative estimate of drug-likeness (QED) is 0.749. The van der Waals surface area contributed by atoms with E-state index in [1.54, 1.807) is 0 Å². The molecule has 0 heterocycles. The number of benzene rings is 1. The Labute approximate surface area is 94.6 Å². The minimum absolute atomic E-state index is 0.217. The molecule has 14 heavy (non-hydrogen) atoms. The first-order valence-corrected chi connectivity index (χ1v) is 5.97. The average Bonchev–Trinajstić information content (AvgIpc) is 2.18. The van der Waals surface area contributed by atoms with Crippen molar-refractivity contribution < 1.29 is 4.74 Å². The fourth-order valence-electron chi connectivity index (χ4n) is 1.34. The van der Waals surface area contributed by atoms with E-state index in [4.69, 9.17) is 4.74 Å². The molecule has 1 unspecified atom stereocenters. The van der Waals surface area contributed by atoms with Gasteiger partial charge in [-0.15, -0.1) is 0 Å². The van der Waals surface area contributed by atoms with E-state index in [1.165, 1.54) is 16.7 Å². The molecule has 1 aromatic carbocycles. The minimum atomic E-state index is 0.217. The summed E-state index contributed by atoms with van der Waals surface area (Å²) in [4.78, 5) is 0. The Balaban J connectivity index is 3.00. The Morgan fingerprint density at radius 1 is 1.21 bits per heavy atom. The second-order valence-electron chi connectivity index (χ2n) is 3.74. The summed E-state index contributed by atoms with van der Waals surface area (Å²) in [5.74, 6) is 1.04. The molecule has 78 valence electrons. The number of alkyl halides is 1. The van der Waals surface area contributed by atoms with Crippen LogP contribution in [0, 0.1) is 20.8 Å². The molecule has 0 N–H and O–H groups in total. The maximum atomic E-state index is 5.86. The highest BCUT2D eigenvalue weighted by atomic mass is 79.9. The molecule has 1 aromatic rings. The lowest BCUT2D eigenvalue weighted by Crippen LogP contribution is -2.14. The summed E-state index contributed by atoms with van der Waals surface area (Å²) < 4.78 is 5.86. The van der Waals surface area contributed by atoms with Crippen molar-refractivity contribution in [2.24, 2.45) is 0 Å². The predicted molar refractivity (Wildman–Crippen MR) is 64.5 cm³/mol. The molecule has 0 saturated heterocycles. The van der Waals surface area contributed by atoms with Crippen LogP contribution < -0.4 is 4.74 Å². The number of ether oxygens (including phenoxy) is 1. The maximum absolute atomic E-state index is 5.86. The van der Waals surface area contributed by atoms with E-state index in [0.29, 0.717) is 0 Å². The summed E-state index contributed by atoms with van der Waals surface area (Å²) in [5.41, 5.74) is 3.74. The first kappa shape index (κ1) is 11.6. The average molecular weight is 257 g/mol. The zero-order valence-corrected chi connectivity index (χ0v) is 10.8. The van der Waals surface area contributed by atoms with Gasteiger partial charge in [0.1, 0.15) is 11.9 Å². The first-order valence-electron chi connectivity index (χ1n) is 4.85. The van der Waals surface area contributed by atoms with Crippen molar-refractivity contribution in [1.82, 2.24) is 0 Å². The molecule has 1 nitrogen and oxygen atoms in total. The molecule has 0 fully saturated rings. The molecule has 0 aromatic heterocycles. The van der Waals surface area contributed by atoms with E-state index < -0.39 is 0 Å². The summed E-state index contributed by atoms with van der Waals surface area (Å²) in [6.45, 7) is 8.37. The van der Waals surface area contributed by atoms with E-state index in [2.05, 4.69) is 55.8 Å². The third kappa shape index (κ3) is 2.50. The van der Waals surface area contributed by atoms with Gasteiger partial charge in [-0.05, 0) is 44.4 Å². The van der Waals surface area contributed by atoms with Gasteiger partial charge >= 0.3 is 0 Å². The third-order valence-corrected chi connectivity index (χ3v) is 3.32. The second-order valence-corrected chi connectivity index (χ2v) is 4.38. The molecule has 0 spiro atoms. The Kier molecular flexibility index (Phi) is 3.99. The van der Waals surface area contributed by atoms with Gasteiger partial charge in [0.25, 0.3) is 0 Å². The van der Waals surface area contributed by atoms with Crippen LogP contribution in [0.4, 0.5) is 0 Å². The van der Waals surface area contributed by atoms with E-state index in [1.807, 2.05) is 0 Å². The zero-order chi connectivity index (χ0) is 10.7. The predicted octanol–water partition coefficient (Wildman–Crippen LogP) is 3.77. The van der Waals surface area contributed by atoms with Crippen LogP contribution in [0.1, 0.15) is 23.6 Å². The van der Waals surface area contributed by atoms with E-state index in [0.717, 1.165) is 11.1 Å². The van der Waals surface area contributed by atoms with E-state index >= 15 is 0 Å². The topological polar surface area (TPSA) is 9.23 Å².